The van der Waals surface area contributed by atoms with Gasteiger partial charge in [0.15, 0.2) is 5.69 Å². The summed E-state index contributed by atoms with van der Waals surface area (Å²) in [5.41, 5.74) is -1.03. The second-order valence-corrected chi connectivity index (χ2v) is 9.29. The molecule has 1 aliphatic heterocycles. The van der Waals surface area contributed by atoms with E-state index in [0.717, 1.165) is 6.07 Å². The Morgan fingerprint density at radius 1 is 1.03 bits per heavy atom. The van der Waals surface area contributed by atoms with Crippen molar-refractivity contribution in [2.45, 2.75) is 70.6 Å². The lowest BCUT2D eigenvalue weighted by atomic mass is 10.0. The molecule has 0 saturated carbocycles. The van der Waals surface area contributed by atoms with Crippen LogP contribution in [-0.2, 0) is 16.5 Å². The van der Waals surface area contributed by atoms with Crippen LogP contribution in [0.2, 0.25) is 0 Å². The van der Waals surface area contributed by atoms with Gasteiger partial charge in [-0.15, -0.1) is 0 Å². The number of pyridine rings is 2. The van der Waals surface area contributed by atoms with E-state index in [4.69, 9.17) is 9.47 Å². The summed E-state index contributed by atoms with van der Waals surface area (Å²) < 4.78 is 53.3. The summed E-state index contributed by atoms with van der Waals surface area (Å²) in [5.74, 6) is 0.696. The topological polar surface area (TPSA) is 94.3 Å². The number of hydrogen-bond donors (Lipinski definition) is 2. The van der Waals surface area contributed by atoms with E-state index in [2.05, 4.69) is 20.4 Å². The molecule has 0 amide bonds. The number of anilines is 2. The minimum atomic E-state index is -4.60. The summed E-state index contributed by atoms with van der Waals surface area (Å²) in [6.07, 6.45) is -0.732. The highest BCUT2D eigenvalue weighted by Gasteiger charge is 2.37. The van der Waals surface area contributed by atoms with Gasteiger partial charge < -0.3 is 19.9 Å². The number of nitrogens with one attached hydrogen (secondary N) is 1. The molecule has 0 aliphatic carbocycles. The van der Waals surface area contributed by atoms with Gasteiger partial charge in [-0.25, -0.2) is 9.67 Å². The normalized spacial score (nSPS) is 21.1. The first-order valence-electron chi connectivity index (χ1n) is 11.3. The maximum absolute atomic E-state index is 13.5. The molecular formula is C24H28F3N5O3. The van der Waals surface area contributed by atoms with Gasteiger partial charge in [-0.2, -0.15) is 18.3 Å². The molecule has 188 valence electrons. The highest BCUT2D eigenvalue weighted by Crippen LogP contribution is 2.38. The van der Waals surface area contributed by atoms with E-state index in [1.54, 1.807) is 44.3 Å². The molecule has 3 atom stereocenters. The Bertz CT molecular complexity index is 1170. The average molecular weight is 492 g/mol. The lowest BCUT2D eigenvalue weighted by molar-refractivity contribution is -0.141. The Kier molecular flexibility index (Phi) is 6.74. The number of nitrogens with zero attached hydrogens (tertiary/aromatic N) is 4. The predicted octanol–water partition coefficient (Wildman–Crippen LogP) is 5.58. The molecule has 2 N–H and O–H groups in total. The van der Waals surface area contributed by atoms with Crippen LogP contribution in [0.15, 0.2) is 42.7 Å². The van der Waals surface area contributed by atoms with Crippen LogP contribution in [0.1, 0.15) is 58.0 Å². The maximum Gasteiger partial charge on any atom is 0.435 e. The van der Waals surface area contributed by atoms with Crippen LogP contribution >= 0.6 is 0 Å². The number of halogens is 3. The summed E-state index contributed by atoms with van der Waals surface area (Å²) in [6.45, 7) is 7.04. The number of alkyl halides is 3. The summed E-state index contributed by atoms with van der Waals surface area (Å²) in [4.78, 5) is 8.42. The molecule has 4 rings (SSSR count). The predicted molar refractivity (Wildman–Crippen MR) is 123 cm³/mol. The summed E-state index contributed by atoms with van der Waals surface area (Å²) in [7, 11) is 0. The molecule has 3 aromatic heterocycles. The van der Waals surface area contributed by atoms with Crippen molar-refractivity contribution in [3.63, 3.8) is 0 Å². The zero-order valence-corrected chi connectivity index (χ0v) is 19.9. The fourth-order valence-electron chi connectivity index (χ4n) is 4.08. The quantitative estimate of drug-likeness (QED) is 0.465. The fourth-order valence-corrected chi connectivity index (χ4v) is 4.08. The molecule has 0 aromatic carbocycles. The largest absolute Gasteiger partial charge is 0.439 e. The minimum absolute atomic E-state index is 0.00555. The van der Waals surface area contributed by atoms with Gasteiger partial charge in [0.1, 0.15) is 17.2 Å². The summed E-state index contributed by atoms with van der Waals surface area (Å²) in [6, 6.07) is 7.15. The first kappa shape index (κ1) is 24.9. The molecule has 0 bridgehead atoms. The smallest absolute Gasteiger partial charge is 0.435 e. The lowest BCUT2D eigenvalue weighted by Gasteiger charge is -2.32. The van der Waals surface area contributed by atoms with Gasteiger partial charge in [0.05, 0.1) is 23.9 Å². The molecule has 1 aliphatic rings. The van der Waals surface area contributed by atoms with Gasteiger partial charge in [0.25, 0.3) is 0 Å². The Morgan fingerprint density at radius 2 is 1.71 bits per heavy atom. The van der Waals surface area contributed by atoms with Crippen LogP contribution in [0.4, 0.5) is 24.7 Å². The van der Waals surface area contributed by atoms with Gasteiger partial charge in [-0.05, 0) is 58.7 Å². The number of hydrogen-bond acceptors (Lipinski definition) is 7. The molecule has 0 unspecified atom stereocenters. The van der Waals surface area contributed by atoms with Crippen LogP contribution in [0, 0.1) is 0 Å². The van der Waals surface area contributed by atoms with E-state index in [1.807, 2.05) is 13.8 Å². The van der Waals surface area contributed by atoms with Crippen LogP contribution in [0.25, 0.3) is 0 Å². The summed E-state index contributed by atoms with van der Waals surface area (Å²) >= 11 is 0. The second kappa shape index (κ2) is 9.46. The zero-order valence-electron chi connectivity index (χ0n) is 19.9. The molecule has 0 radical (unpaired) electrons. The third kappa shape index (κ3) is 6.09. The van der Waals surface area contributed by atoms with E-state index in [9.17, 15) is 18.3 Å². The molecule has 1 fully saturated rings. The van der Waals surface area contributed by atoms with Crippen LogP contribution < -0.4 is 10.1 Å². The monoisotopic (exact) mass is 491 g/mol. The van der Waals surface area contributed by atoms with Gasteiger partial charge in [0, 0.05) is 30.2 Å². The van der Waals surface area contributed by atoms with Crippen LogP contribution in [0.5, 0.6) is 11.6 Å². The Hall–Kier alpha value is -3.18. The van der Waals surface area contributed by atoms with Gasteiger partial charge in [0.2, 0.25) is 5.88 Å². The third-order valence-electron chi connectivity index (χ3n) is 5.62. The second-order valence-electron chi connectivity index (χ2n) is 9.29. The molecule has 11 heteroatoms. The van der Waals surface area contributed by atoms with Gasteiger partial charge in [-0.3, -0.25) is 4.98 Å². The third-order valence-corrected chi connectivity index (χ3v) is 5.62. The van der Waals surface area contributed by atoms with E-state index in [1.165, 1.54) is 10.9 Å². The van der Waals surface area contributed by atoms with E-state index in [-0.39, 0.29) is 24.1 Å². The van der Waals surface area contributed by atoms with Crippen LogP contribution in [-0.4, -0.2) is 37.1 Å². The SMILES string of the molecule is C[C@@H]1C[C@@H](n2nc(C(F)(F)F)cc2Oc2ccnc(Nc3ccnc(C(C)(C)O)c3)c2)C[C@H](C)O1. The van der Waals surface area contributed by atoms with E-state index >= 15 is 0 Å². The minimum Gasteiger partial charge on any atom is -0.439 e. The zero-order chi connectivity index (χ0) is 25.4. The number of ether oxygens (including phenoxy) is 2. The van der Waals surface area contributed by atoms with Crippen molar-refractivity contribution >= 4 is 11.5 Å². The van der Waals surface area contributed by atoms with Crippen LogP contribution in [0.3, 0.4) is 0 Å². The Balaban J connectivity index is 1.60. The van der Waals surface area contributed by atoms with Crippen molar-refractivity contribution in [3.8, 4) is 11.6 Å². The van der Waals surface area contributed by atoms with Gasteiger partial charge >= 0.3 is 6.18 Å². The highest BCUT2D eigenvalue weighted by atomic mass is 19.4. The number of aromatic nitrogens is 4. The lowest BCUT2D eigenvalue weighted by Crippen LogP contribution is -2.31. The van der Waals surface area contributed by atoms with Crippen molar-refractivity contribution in [1.29, 1.82) is 0 Å². The van der Waals surface area contributed by atoms with E-state index < -0.39 is 17.5 Å². The molecule has 8 nitrogen and oxygen atoms in total. The Labute approximate surface area is 201 Å². The first-order chi connectivity index (χ1) is 16.4. The fraction of sp³-hybridized carbons (Fsp3) is 0.458. The van der Waals surface area contributed by atoms with Gasteiger partial charge in [-0.1, -0.05) is 0 Å². The van der Waals surface area contributed by atoms with Crippen molar-refractivity contribution in [2.75, 3.05) is 5.32 Å². The first-order valence-corrected chi connectivity index (χ1v) is 11.3. The Morgan fingerprint density at radius 3 is 2.37 bits per heavy atom. The number of aliphatic hydroxyl groups is 1. The molecular weight excluding hydrogens is 463 g/mol. The molecule has 35 heavy (non-hydrogen) atoms. The average Bonchev–Trinajstić information content (AvgIpc) is 3.17. The van der Waals surface area contributed by atoms with Crippen molar-refractivity contribution < 1.29 is 27.8 Å². The molecule has 0 spiro atoms. The summed E-state index contributed by atoms with van der Waals surface area (Å²) in [5, 5.41) is 17.1. The highest BCUT2D eigenvalue weighted by molar-refractivity contribution is 5.57. The standard InChI is InChI=1S/C24H28F3N5O3/c1-14-9-17(10-15(2)34-14)32-22(13-20(31-32)24(25,26)27)35-18-6-8-29-21(12-18)30-16-5-7-28-19(11-16)23(3,4)33/h5-8,11-15,17,33H,9-10H2,1-4H3,(H,28,29,30)/t14-,15+,17-. The van der Waals surface area contributed by atoms with E-state index in [0.29, 0.717) is 35.8 Å². The maximum atomic E-state index is 13.5. The molecule has 4 heterocycles. The van der Waals surface area contributed by atoms with Crippen molar-refractivity contribution in [3.05, 3.63) is 54.1 Å². The van der Waals surface area contributed by atoms with Crippen molar-refractivity contribution in [2.24, 2.45) is 0 Å². The number of rotatable bonds is 6. The molecule has 3 aromatic rings. The molecule has 1 saturated heterocycles. The van der Waals surface area contributed by atoms with Crippen molar-refractivity contribution in [1.82, 2.24) is 19.7 Å².